The van der Waals surface area contributed by atoms with E-state index in [0.717, 1.165) is 0 Å². The first kappa shape index (κ1) is 17.0. The highest BCUT2D eigenvalue weighted by atomic mass is 16.5. The number of amides is 2. The molecule has 0 spiro atoms. The Morgan fingerprint density at radius 3 is 2.38 bits per heavy atom. The Morgan fingerprint density at radius 1 is 1.24 bits per heavy atom. The van der Waals surface area contributed by atoms with E-state index in [-0.39, 0.29) is 17.7 Å². The molecule has 0 aliphatic carbocycles. The minimum atomic E-state index is -0.554. The summed E-state index contributed by atoms with van der Waals surface area (Å²) in [5.41, 5.74) is 0.441. The van der Waals surface area contributed by atoms with Gasteiger partial charge in [0.25, 0.3) is 5.91 Å². The minimum Gasteiger partial charge on any atom is -0.493 e. The molecule has 0 heterocycles. The summed E-state index contributed by atoms with van der Waals surface area (Å²) in [4.78, 5) is 26.0. The summed E-state index contributed by atoms with van der Waals surface area (Å²) in [7, 11) is 3.36. The largest absolute Gasteiger partial charge is 0.493 e. The van der Waals surface area contributed by atoms with Crippen LogP contribution in [0.5, 0.6) is 5.75 Å². The van der Waals surface area contributed by atoms with Gasteiger partial charge in [-0.2, -0.15) is 0 Å². The van der Waals surface area contributed by atoms with Crippen molar-refractivity contribution in [2.75, 3.05) is 20.7 Å². The van der Waals surface area contributed by atoms with Crippen molar-refractivity contribution >= 4 is 11.8 Å². The lowest BCUT2D eigenvalue weighted by atomic mass is 10.0. The van der Waals surface area contributed by atoms with Crippen LogP contribution in [-0.4, -0.2) is 43.5 Å². The van der Waals surface area contributed by atoms with E-state index in [4.69, 9.17) is 4.74 Å². The molecule has 1 aromatic rings. The van der Waals surface area contributed by atoms with Gasteiger partial charge in [0.1, 0.15) is 11.8 Å². The average molecular weight is 292 g/mol. The van der Waals surface area contributed by atoms with Gasteiger partial charge in [0.05, 0.1) is 12.2 Å². The zero-order valence-electron chi connectivity index (χ0n) is 13.3. The highest BCUT2D eigenvalue weighted by Gasteiger charge is 2.26. The Morgan fingerprint density at radius 2 is 1.86 bits per heavy atom. The zero-order chi connectivity index (χ0) is 16.0. The first-order chi connectivity index (χ1) is 9.88. The summed E-state index contributed by atoms with van der Waals surface area (Å²) in [5, 5.41) is 2.80. The molecule has 1 aromatic carbocycles. The molecular weight excluding hydrogens is 268 g/mol. The third kappa shape index (κ3) is 4.48. The van der Waals surface area contributed by atoms with Crippen molar-refractivity contribution in [2.24, 2.45) is 5.92 Å². The maximum Gasteiger partial charge on any atom is 0.255 e. The zero-order valence-corrected chi connectivity index (χ0v) is 13.3. The van der Waals surface area contributed by atoms with E-state index in [0.29, 0.717) is 17.9 Å². The number of carbonyl (C=O) groups is 2. The molecule has 0 radical (unpaired) electrons. The van der Waals surface area contributed by atoms with E-state index in [1.54, 1.807) is 32.3 Å². The van der Waals surface area contributed by atoms with Gasteiger partial charge in [0.2, 0.25) is 5.91 Å². The van der Waals surface area contributed by atoms with Crippen LogP contribution in [0.1, 0.15) is 31.1 Å². The average Bonchev–Trinajstić information content (AvgIpc) is 2.44. The van der Waals surface area contributed by atoms with Crippen molar-refractivity contribution in [1.29, 1.82) is 0 Å². The Hall–Kier alpha value is -2.04. The third-order valence-corrected chi connectivity index (χ3v) is 3.09. The molecule has 2 amide bonds. The molecule has 1 N–H and O–H groups in total. The van der Waals surface area contributed by atoms with Crippen LogP contribution in [0.3, 0.4) is 0 Å². The summed E-state index contributed by atoms with van der Waals surface area (Å²) in [6.07, 6.45) is 0. The SMILES string of the molecule is CCOc1ccccc1C(=O)NC(C(=O)N(C)C)C(C)C. The second-order valence-electron chi connectivity index (χ2n) is 5.36. The smallest absolute Gasteiger partial charge is 0.255 e. The number of hydrogen-bond acceptors (Lipinski definition) is 3. The fourth-order valence-corrected chi connectivity index (χ4v) is 1.95. The minimum absolute atomic E-state index is 0.00288. The summed E-state index contributed by atoms with van der Waals surface area (Å²) in [5.74, 6) is 0.112. The molecule has 1 unspecified atom stereocenters. The van der Waals surface area contributed by atoms with Gasteiger partial charge < -0.3 is 15.0 Å². The molecular formula is C16H24N2O3. The van der Waals surface area contributed by atoms with Gasteiger partial charge in [-0.1, -0.05) is 26.0 Å². The van der Waals surface area contributed by atoms with Gasteiger partial charge in [-0.3, -0.25) is 9.59 Å². The van der Waals surface area contributed by atoms with E-state index in [1.165, 1.54) is 4.90 Å². The Labute approximate surface area is 126 Å². The number of benzene rings is 1. The molecule has 0 bridgehead atoms. The second-order valence-corrected chi connectivity index (χ2v) is 5.36. The van der Waals surface area contributed by atoms with E-state index in [9.17, 15) is 9.59 Å². The maximum absolute atomic E-state index is 12.4. The number of nitrogens with one attached hydrogen (secondary N) is 1. The Kier molecular flexibility index (Phi) is 6.21. The molecule has 0 aromatic heterocycles. The van der Waals surface area contributed by atoms with Crippen LogP contribution in [0.4, 0.5) is 0 Å². The topological polar surface area (TPSA) is 58.6 Å². The number of rotatable bonds is 6. The number of carbonyl (C=O) groups excluding carboxylic acids is 2. The van der Waals surface area contributed by atoms with E-state index >= 15 is 0 Å². The number of hydrogen-bond donors (Lipinski definition) is 1. The van der Waals surface area contributed by atoms with Crippen molar-refractivity contribution in [3.8, 4) is 5.75 Å². The van der Waals surface area contributed by atoms with Gasteiger partial charge >= 0.3 is 0 Å². The van der Waals surface area contributed by atoms with Crippen molar-refractivity contribution < 1.29 is 14.3 Å². The molecule has 0 saturated carbocycles. The van der Waals surface area contributed by atoms with Crippen LogP contribution in [-0.2, 0) is 4.79 Å². The highest BCUT2D eigenvalue weighted by Crippen LogP contribution is 2.18. The Bertz CT molecular complexity index is 498. The molecule has 5 heteroatoms. The molecule has 5 nitrogen and oxygen atoms in total. The maximum atomic E-state index is 12.4. The van der Waals surface area contributed by atoms with E-state index in [1.807, 2.05) is 26.8 Å². The van der Waals surface area contributed by atoms with Crippen molar-refractivity contribution in [2.45, 2.75) is 26.8 Å². The highest BCUT2D eigenvalue weighted by molar-refractivity contribution is 5.99. The van der Waals surface area contributed by atoms with Gasteiger partial charge in [0, 0.05) is 14.1 Å². The number of nitrogens with zero attached hydrogens (tertiary/aromatic N) is 1. The van der Waals surface area contributed by atoms with Gasteiger partial charge in [0.15, 0.2) is 0 Å². The molecule has 0 aliphatic rings. The molecule has 21 heavy (non-hydrogen) atoms. The van der Waals surface area contributed by atoms with Gasteiger partial charge in [-0.25, -0.2) is 0 Å². The molecule has 116 valence electrons. The number of para-hydroxylation sites is 1. The van der Waals surface area contributed by atoms with Crippen LogP contribution < -0.4 is 10.1 Å². The van der Waals surface area contributed by atoms with Crippen molar-refractivity contribution in [1.82, 2.24) is 10.2 Å². The summed E-state index contributed by atoms with van der Waals surface area (Å²) in [6.45, 7) is 6.15. The molecule has 0 fully saturated rings. The predicted molar refractivity (Wildman–Crippen MR) is 82.4 cm³/mol. The summed E-state index contributed by atoms with van der Waals surface area (Å²) in [6, 6.07) is 6.47. The summed E-state index contributed by atoms with van der Waals surface area (Å²) >= 11 is 0. The van der Waals surface area contributed by atoms with Crippen molar-refractivity contribution in [3.63, 3.8) is 0 Å². The lowest BCUT2D eigenvalue weighted by Gasteiger charge is -2.25. The lowest BCUT2D eigenvalue weighted by Crippen LogP contribution is -2.49. The molecule has 1 rings (SSSR count). The van der Waals surface area contributed by atoms with E-state index in [2.05, 4.69) is 5.32 Å². The third-order valence-electron chi connectivity index (χ3n) is 3.09. The molecule has 0 aliphatic heterocycles. The second kappa shape index (κ2) is 7.67. The van der Waals surface area contributed by atoms with Crippen LogP contribution in [0.25, 0.3) is 0 Å². The Balaban J connectivity index is 2.95. The van der Waals surface area contributed by atoms with Crippen LogP contribution in [0.15, 0.2) is 24.3 Å². The fourth-order valence-electron chi connectivity index (χ4n) is 1.95. The van der Waals surface area contributed by atoms with Gasteiger partial charge in [-0.05, 0) is 25.0 Å². The van der Waals surface area contributed by atoms with Crippen LogP contribution in [0, 0.1) is 5.92 Å². The van der Waals surface area contributed by atoms with Crippen molar-refractivity contribution in [3.05, 3.63) is 29.8 Å². The number of ether oxygens (including phenoxy) is 1. The normalized spacial score (nSPS) is 11.9. The van der Waals surface area contributed by atoms with E-state index < -0.39 is 6.04 Å². The quantitative estimate of drug-likeness (QED) is 0.871. The standard InChI is InChI=1S/C16H24N2O3/c1-6-21-13-10-8-7-9-12(13)15(19)17-14(11(2)3)16(20)18(4)5/h7-11,14H,6H2,1-5H3,(H,17,19). The van der Waals surface area contributed by atoms with Crippen LogP contribution in [0.2, 0.25) is 0 Å². The first-order valence-corrected chi connectivity index (χ1v) is 7.12. The first-order valence-electron chi connectivity index (χ1n) is 7.12. The number of likely N-dealkylation sites (N-methyl/N-ethyl adjacent to an activating group) is 1. The summed E-state index contributed by atoms with van der Waals surface area (Å²) < 4.78 is 5.45. The monoisotopic (exact) mass is 292 g/mol. The van der Waals surface area contributed by atoms with Gasteiger partial charge in [-0.15, -0.1) is 0 Å². The fraction of sp³-hybridized carbons (Fsp3) is 0.500. The molecule has 0 saturated heterocycles. The lowest BCUT2D eigenvalue weighted by molar-refractivity contribution is -0.131. The predicted octanol–water partition coefficient (Wildman–Crippen LogP) is 1.93. The molecule has 1 atom stereocenters. The van der Waals surface area contributed by atoms with Crippen LogP contribution >= 0.6 is 0 Å².